The second-order valence-electron chi connectivity index (χ2n) is 4.15. The number of fused-ring (bicyclic) bond motifs is 1. The summed E-state index contributed by atoms with van der Waals surface area (Å²) in [5, 5.41) is 13.3. The average molecular weight is 259 g/mol. The third-order valence-electron chi connectivity index (χ3n) is 2.77. The first-order valence-electron chi connectivity index (χ1n) is 6.29. The van der Waals surface area contributed by atoms with E-state index < -0.39 is 0 Å². The molecule has 2 rings (SSSR count). The van der Waals surface area contributed by atoms with Crippen molar-refractivity contribution in [3.8, 4) is 5.75 Å². The second kappa shape index (κ2) is 6.75. The first-order valence-corrected chi connectivity index (χ1v) is 6.29. The van der Waals surface area contributed by atoms with Crippen LogP contribution in [0.1, 0.15) is 6.42 Å². The van der Waals surface area contributed by atoms with E-state index in [2.05, 4.69) is 5.32 Å². The molecule has 0 aliphatic carbocycles. The highest BCUT2D eigenvalue weighted by Gasteiger charge is 2.03. The number of carbonyl (C=O) groups is 1. The number of ether oxygens (including phenoxy) is 1. The Bertz CT molecular complexity index is 549. The molecule has 2 aromatic rings. The maximum absolute atomic E-state index is 11.4. The van der Waals surface area contributed by atoms with Crippen molar-refractivity contribution in [1.29, 1.82) is 0 Å². The molecule has 19 heavy (non-hydrogen) atoms. The van der Waals surface area contributed by atoms with Crippen molar-refractivity contribution in [2.75, 3.05) is 19.8 Å². The number of nitrogens with one attached hydrogen (secondary N) is 1. The smallest absolute Gasteiger partial charge is 0.223 e. The lowest BCUT2D eigenvalue weighted by Crippen LogP contribution is -2.27. The Labute approximate surface area is 112 Å². The minimum Gasteiger partial charge on any atom is -0.492 e. The lowest BCUT2D eigenvalue weighted by Gasteiger charge is -2.09. The first-order chi connectivity index (χ1) is 9.31. The standard InChI is InChI=1S/C15H17NO3/c17-10-9-16-15(18)8-11-19-14-7-3-5-12-4-1-2-6-13(12)14/h1-7,17H,8-11H2,(H,16,18). The van der Waals surface area contributed by atoms with Crippen molar-refractivity contribution in [1.82, 2.24) is 5.32 Å². The molecule has 4 heteroatoms. The minimum atomic E-state index is -0.116. The van der Waals surface area contributed by atoms with Gasteiger partial charge in [-0.3, -0.25) is 4.79 Å². The molecule has 0 bridgehead atoms. The van der Waals surface area contributed by atoms with E-state index in [-0.39, 0.29) is 25.5 Å². The van der Waals surface area contributed by atoms with Crippen molar-refractivity contribution >= 4 is 16.7 Å². The van der Waals surface area contributed by atoms with E-state index in [1.54, 1.807) is 0 Å². The molecule has 2 N–H and O–H groups in total. The highest BCUT2D eigenvalue weighted by molar-refractivity contribution is 5.88. The van der Waals surface area contributed by atoms with Gasteiger partial charge in [0, 0.05) is 11.9 Å². The molecule has 4 nitrogen and oxygen atoms in total. The maximum atomic E-state index is 11.4. The first kappa shape index (κ1) is 13.4. The summed E-state index contributed by atoms with van der Waals surface area (Å²) < 4.78 is 5.65. The minimum absolute atomic E-state index is 0.0457. The predicted octanol–water partition coefficient (Wildman–Crippen LogP) is 1.72. The van der Waals surface area contributed by atoms with E-state index in [4.69, 9.17) is 9.84 Å². The summed E-state index contributed by atoms with van der Waals surface area (Å²) >= 11 is 0. The lowest BCUT2D eigenvalue weighted by molar-refractivity contribution is -0.121. The van der Waals surface area contributed by atoms with Crippen LogP contribution < -0.4 is 10.1 Å². The van der Waals surface area contributed by atoms with Crippen LogP contribution in [0.25, 0.3) is 10.8 Å². The molecule has 0 fully saturated rings. The van der Waals surface area contributed by atoms with E-state index in [0.29, 0.717) is 6.61 Å². The zero-order valence-electron chi connectivity index (χ0n) is 10.6. The van der Waals surface area contributed by atoms with Crippen LogP contribution in [-0.4, -0.2) is 30.8 Å². The molecule has 0 saturated heterocycles. The zero-order valence-corrected chi connectivity index (χ0v) is 10.6. The van der Waals surface area contributed by atoms with Gasteiger partial charge in [-0.15, -0.1) is 0 Å². The van der Waals surface area contributed by atoms with Gasteiger partial charge >= 0.3 is 0 Å². The fraction of sp³-hybridized carbons (Fsp3) is 0.267. The van der Waals surface area contributed by atoms with Gasteiger partial charge in [0.1, 0.15) is 5.75 Å². The number of carbonyl (C=O) groups excluding carboxylic acids is 1. The van der Waals surface area contributed by atoms with Crippen LogP contribution >= 0.6 is 0 Å². The van der Waals surface area contributed by atoms with Crippen LogP contribution in [0.15, 0.2) is 42.5 Å². The van der Waals surface area contributed by atoms with Crippen molar-refractivity contribution in [2.24, 2.45) is 0 Å². The quantitative estimate of drug-likeness (QED) is 0.830. The van der Waals surface area contributed by atoms with Crippen molar-refractivity contribution in [2.45, 2.75) is 6.42 Å². The number of aliphatic hydroxyl groups excluding tert-OH is 1. The Kier molecular flexibility index (Phi) is 4.75. The highest BCUT2D eigenvalue weighted by Crippen LogP contribution is 2.25. The number of aliphatic hydroxyl groups is 1. The molecule has 0 aromatic heterocycles. The molecule has 0 unspecified atom stereocenters. The summed E-state index contributed by atoms with van der Waals surface area (Å²) in [6.07, 6.45) is 0.281. The lowest BCUT2D eigenvalue weighted by atomic mass is 10.1. The van der Waals surface area contributed by atoms with Crippen LogP contribution in [0.3, 0.4) is 0 Å². The zero-order chi connectivity index (χ0) is 13.5. The van der Waals surface area contributed by atoms with Gasteiger partial charge < -0.3 is 15.2 Å². The molecule has 1 amide bonds. The van der Waals surface area contributed by atoms with E-state index in [1.807, 2.05) is 42.5 Å². The number of amides is 1. The maximum Gasteiger partial charge on any atom is 0.223 e. The molecule has 2 aromatic carbocycles. The summed E-state index contributed by atoms with van der Waals surface area (Å²) in [4.78, 5) is 11.4. The topological polar surface area (TPSA) is 58.6 Å². The highest BCUT2D eigenvalue weighted by atomic mass is 16.5. The Morgan fingerprint density at radius 1 is 1.16 bits per heavy atom. The Balaban J connectivity index is 1.93. The third kappa shape index (κ3) is 3.69. The van der Waals surface area contributed by atoms with Crippen LogP contribution in [0.4, 0.5) is 0 Å². The summed E-state index contributed by atoms with van der Waals surface area (Å²) in [7, 11) is 0. The average Bonchev–Trinajstić information content (AvgIpc) is 2.45. The molecule has 0 atom stereocenters. The fourth-order valence-corrected chi connectivity index (χ4v) is 1.86. The monoisotopic (exact) mass is 259 g/mol. The second-order valence-corrected chi connectivity index (χ2v) is 4.15. The van der Waals surface area contributed by atoms with Gasteiger partial charge in [-0.1, -0.05) is 36.4 Å². The molecular weight excluding hydrogens is 242 g/mol. The van der Waals surface area contributed by atoms with Crippen LogP contribution in [0.2, 0.25) is 0 Å². The van der Waals surface area contributed by atoms with E-state index in [1.165, 1.54) is 0 Å². The van der Waals surface area contributed by atoms with Gasteiger partial charge in [-0.25, -0.2) is 0 Å². The Morgan fingerprint density at radius 3 is 2.79 bits per heavy atom. The largest absolute Gasteiger partial charge is 0.492 e. The number of hydrogen-bond acceptors (Lipinski definition) is 3. The van der Waals surface area contributed by atoms with Crippen LogP contribution in [0.5, 0.6) is 5.75 Å². The molecule has 0 heterocycles. The fourth-order valence-electron chi connectivity index (χ4n) is 1.86. The Morgan fingerprint density at radius 2 is 1.95 bits per heavy atom. The number of benzene rings is 2. The van der Waals surface area contributed by atoms with Gasteiger partial charge in [-0.2, -0.15) is 0 Å². The molecule has 0 aliphatic heterocycles. The van der Waals surface area contributed by atoms with Crippen LogP contribution in [0, 0.1) is 0 Å². The molecule has 100 valence electrons. The number of rotatable bonds is 6. The SMILES string of the molecule is O=C(CCOc1cccc2ccccc12)NCCO. The van der Waals surface area contributed by atoms with Gasteiger partial charge in [-0.05, 0) is 11.5 Å². The van der Waals surface area contributed by atoms with E-state index >= 15 is 0 Å². The van der Waals surface area contributed by atoms with Gasteiger partial charge in [0.15, 0.2) is 0 Å². The summed E-state index contributed by atoms with van der Waals surface area (Å²) in [5.74, 6) is 0.669. The summed E-state index contributed by atoms with van der Waals surface area (Å²) in [6, 6.07) is 13.8. The normalized spacial score (nSPS) is 10.4. The van der Waals surface area contributed by atoms with E-state index in [9.17, 15) is 4.79 Å². The van der Waals surface area contributed by atoms with E-state index in [0.717, 1.165) is 16.5 Å². The van der Waals surface area contributed by atoms with Crippen molar-refractivity contribution in [3.05, 3.63) is 42.5 Å². The molecular formula is C15H17NO3. The summed E-state index contributed by atoms with van der Waals surface area (Å²) in [6.45, 7) is 0.564. The van der Waals surface area contributed by atoms with Gasteiger partial charge in [0.05, 0.1) is 19.6 Å². The predicted molar refractivity (Wildman–Crippen MR) is 74.2 cm³/mol. The molecule has 0 saturated carbocycles. The molecule has 0 aliphatic rings. The summed E-state index contributed by atoms with van der Waals surface area (Å²) in [5.41, 5.74) is 0. The van der Waals surface area contributed by atoms with Crippen molar-refractivity contribution < 1.29 is 14.6 Å². The van der Waals surface area contributed by atoms with Gasteiger partial charge in [0.25, 0.3) is 0 Å². The molecule has 0 radical (unpaired) electrons. The van der Waals surface area contributed by atoms with Crippen LogP contribution in [-0.2, 0) is 4.79 Å². The molecule has 0 spiro atoms. The Hall–Kier alpha value is -2.07. The van der Waals surface area contributed by atoms with Crippen molar-refractivity contribution in [3.63, 3.8) is 0 Å². The number of hydrogen-bond donors (Lipinski definition) is 2. The van der Waals surface area contributed by atoms with Gasteiger partial charge in [0.2, 0.25) is 5.91 Å². The third-order valence-corrected chi connectivity index (χ3v) is 2.77.